The van der Waals surface area contributed by atoms with E-state index in [0.717, 1.165) is 30.2 Å². The van der Waals surface area contributed by atoms with Crippen LogP contribution in [-0.4, -0.2) is 40.5 Å². The van der Waals surface area contributed by atoms with Gasteiger partial charge in [-0.2, -0.15) is 11.8 Å². The normalized spacial score (nSPS) is 16.2. The molecule has 0 aliphatic carbocycles. The van der Waals surface area contributed by atoms with E-state index in [1.165, 1.54) is 0 Å². The van der Waals surface area contributed by atoms with Crippen LogP contribution in [0.3, 0.4) is 0 Å². The molecule has 2 rings (SSSR count). The first-order valence-corrected chi connectivity index (χ1v) is 6.50. The van der Waals surface area contributed by atoms with Crippen molar-refractivity contribution in [3.05, 3.63) is 29.3 Å². The molecule has 1 aromatic rings. The molecule has 0 atom stereocenters. The van der Waals surface area contributed by atoms with Crippen molar-refractivity contribution in [2.24, 2.45) is 0 Å². The van der Waals surface area contributed by atoms with Crippen LogP contribution in [0.5, 0.6) is 5.75 Å². The first-order chi connectivity index (χ1) is 7.68. The summed E-state index contributed by atoms with van der Waals surface area (Å²) in [6.45, 7) is 3.44. The van der Waals surface area contributed by atoms with Gasteiger partial charge in [0.2, 0.25) is 0 Å². The zero-order valence-electron chi connectivity index (χ0n) is 9.27. The molecule has 1 fully saturated rings. The predicted molar refractivity (Wildman–Crippen MR) is 66.1 cm³/mol. The Labute approximate surface area is 99.5 Å². The number of aryl methyl sites for hydroxylation is 1. The number of phenolic OH excluding ortho intramolecular Hbond substituents is 1. The third-order valence-corrected chi connectivity index (χ3v) is 3.62. The zero-order chi connectivity index (χ0) is 11.5. The van der Waals surface area contributed by atoms with Crippen LogP contribution in [-0.2, 0) is 0 Å². The SMILES string of the molecule is Cc1ccc(C(=O)N2CCSCC2)c(O)c1. The molecule has 3 nitrogen and oxygen atoms in total. The standard InChI is InChI=1S/C12H15NO2S/c1-9-2-3-10(11(14)8-9)12(15)13-4-6-16-7-5-13/h2-3,8,14H,4-7H2,1H3. The van der Waals surface area contributed by atoms with Crippen molar-refractivity contribution >= 4 is 17.7 Å². The zero-order valence-corrected chi connectivity index (χ0v) is 10.1. The Kier molecular flexibility index (Phi) is 3.39. The van der Waals surface area contributed by atoms with Gasteiger partial charge in [0, 0.05) is 24.6 Å². The van der Waals surface area contributed by atoms with Crippen LogP contribution in [0.1, 0.15) is 15.9 Å². The summed E-state index contributed by atoms with van der Waals surface area (Å²) >= 11 is 1.86. The summed E-state index contributed by atoms with van der Waals surface area (Å²) in [5.41, 5.74) is 1.38. The quantitative estimate of drug-likeness (QED) is 0.811. The summed E-state index contributed by atoms with van der Waals surface area (Å²) in [7, 11) is 0. The summed E-state index contributed by atoms with van der Waals surface area (Å²) in [6.07, 6.45) is 0. The van der Waals surface area contributed by atoms with Crippen LogP contribution in [0.15, 0.2) is 18.2 Å². The summed E-state index contributed by atoms with van der Waals surface area (Å²) in [5.74, 6) is 2.00. The van der Waals surface area contributed by atoms with E-state index in [0.29, 0.717) is 5.56 Å². The molecule has 1 aliphatic rings. The monoisotopic (exact) mass is 237 g/mol. The van der Waals surface area contributed by atoms with Gasteiger partial charge in [0.15, 0.2) is 0 Å². The van der Waals surface area contributed by atoms with Gasteiger partial charge in [-0.3, -0.25) is 4.79 Å². The number of carbonyl (C=O) groups is 1. The third kappa shape index (κ3) is 2.32. The van der Waals surface area contributed by atoms with Crippen LogP contribution in [0, 0.1) is 6.92 Å². The molecule has 0 unspecified atom stereocenters. The van der Waals surface area contributed by atoms with Gasteiger partial charge in [-0.15, -0.1) is 0 Å². The Hall–Kier alpha value is -1.16. The van der Waals surface area contributed by atoms with E-state index in [4.69, 9.17) is 0 Å². The average molecular weight is 237 g/mol. The van der Waals surface area contributed by atoms with Crippen molar-refractivity contribution in [3.63, 3.8) is 0 Å². The van der Waals surface area contributed by atoms with Crippen molar-refractivity contribution in [2.75, 3.05) is 24.6 Å². The number of carbonyl (C=O) groups excluding carboxylic acids is 1. The van der Waals surface area contributed by atoms with Crippen LogP contribution in [0.2, 0.25) is 0 Å². The molecule has 1 saturated heterocycles. The third-order valence-electron chi connectivity index (χ3n) is 2.68. The Morgan fingerprint density at radius 1 is 1.38 bits per heavy atom. The maximum absolute atomic E-state index is 12.1. The largest absolute Gasteiger partial charge is 0.507 e. The number of benzene rings is 1. The number of thioether (sulfide) groups is 1. The fourth-order valence-corrected chi connectivity index (χ4v) is 2.66. The van der Waals surface area contributed by atoms with E-state index >= 15 is 0 Å². The van der Waals surface area contributed by atoms with Gasteiger partial charge in [-0.25, -0.2) is 0 Å². The van der Waals surface area contributed by atoms with Crippen molar-refractivity contribution in [1.82, 2.24) is 4.90 Å². The number of nitrogens with zero attached hydrogens (tertiary/aromatic N) is 1. The Bertz CT molecular complexity index is 400. The molecule has 1 aliphatic heterocycles. The molecule has 16 heavy (non-hydrogen) atoms. The molecule has 1 heterocycles. The van der Waals surface area contributed by atoms with Gasteiger partial charge in [-0.1, -0.05) is 6.07 Å². The van der Waals surface area contributed by atoms with Gasteiger partial charge < -0.3 is 10.0 Å². The number of amides is 1. The van der Waals surface area contributed by atoms with Crippen LogP contribution >= 0.6 is 11.8 Å². The van der Waals surface area contributed by atoms with Crippen molar-refractivity contribution in [2.45, 2.75) is 6.92 Å². The van der Waals surface area contributed by atoms with E-state index in [9.17, 15) is 9.90 Å². The maximum atomic E-state index is 12.1. The first kappa shape index (κ1) is 11.3. The molecule has 0 bridgehead atoms. The summed E-state index contributed by atoms with van der Waals surface area (Å²) in [6, 6.07) is 5.19. The van der Waals surface area contributed by atoms with Crippen LogP contribution in [0.4, 0.5) is 0 Å². The Balaban J connectivity index is 2.19. The maximum Gasteiger partial charge on any atom is 0.257 e. The highest BCUT2D eigenvalue weighted by atomic mass is 32.2. The highest BCUT2D eigenvalue weighted by molar-refractivity contribution is 7.99. The lowest BCUT2D eigenvalue weighted by atomic mass is 10.1. The molecule has 86 valence electrons. The van der Waals surface area contributed by atoms with E-state index in [1.807, 2.05) is 24.8 Å². The second-order valence-corrected chi connectivity index (χ2v) is 5.15. The topological polar surface area (TPSA) is 40.5 Å². The highest BCUT2D eigenvalue weighted by Crippen LogP contribution is 2.21. The predicted octanol–water partition coefficient (Wildman–Crippen LogP) is 1.89. The van der Waals surface area contributed by atoms with Crippen LogP contribution in [0.25, 0.3) is 0 Å². The van der Waals surface area contributed by atoms with Gasteiger partial charge in [-0.05, 0) is 24.6 Å². The van der Waals surface area contributed by atoms with Crippen molar-refractivity contribution < 1.29 is 9.90 Å². The minimum atomic E-state index is -0.0576. The molecule has 1 amide bonds. The molecular formula is C12H15NO2S. The molecule has 1 aromatic carbocycles. The summed E-state index contributed by atoms with van der Waals surface area (Å²) in [5, 5.41) is 9.74. The average Bonchev–Trinajstić information content (AvgIpc) is 2.29. The van der Waals surface area contributed by atoms with Gasteiger partial charge in [0.05, 0.1) is 5.56 Å². The summed E-state index contributed by atoms with van der Waals surface area (Å²) < 4.78 is 0. The van der Waals surface area contributed by atoms with Gasteiger partial charge in [0.1, 0.15) is 5.75 Å². The minimum absolute atomic E-state index is 0.0576. The fraction of sp³-hybridized carbons (Fsp3) is 0.417. The second kappa shape index (κ2) is 4.78. The van der Waals surface area contributed by atoms with Crippen molar-refractivity contribution in [1.29, 1.82) is 0 Å². The van der Waals surface area contributed by atoms with Gasteiger partial charge >= 0.3 is 0 Å². The molecule has 0 spiro atoms. The molecular weight excluding hydrogens is 222 g/mol. The number of phenols is 1. The lowest BCUT2D eigenvalue weighted by molar-refractivity contribution is 0.0769. The van der Waals surface area contributed by atoms with E-state index < -0.39 is 0 Å². The molecule has 4 heteroatoms. The fourth-order valence-electron chi connectivity index (χ4n) is 1.76. The van der Waals surface area contributed by atoms with Crippen LogP contribution < -0.4 is 0 Å². The van der Waals surface area contributed by atoms with Crippen molar-refractivity contribution in [3.8, 4) is 5.75 Å². The summed E-state index contributed by atoms with van der Waals surface area (Å²) in [4.78, 5) is 13.9. The lowest BCUT2D eigenvalue weighted by Crippen LogP contribution is -2.37. The molecule has 0 aromatic heterocycles. The molecule has 0 saturated carbocycles. The van der Waals surface area contributed by atoms with E-state index in [2.05, 4.69) is 0 Å². The van der Waals surface area contributed by atoms with Gasteiger partial charge in [0.25, 0.3) is 5.91 Å². The number of rotatable bonds is 1. The second-order valence-electron chi connectivity index (χ2n) is 3.93. The Morgan fingerprint density at radius 3 is 2.69 bits per heavy atom. The van der Waals surface area contributed by atoms with E-state index in [-0.39, 0.29) is 11.7 Å². The number of hydrogen-bond acceptors (Lipinski definition) is 3. The lowest BCUT2D eigenvalue weighted by Gasteiger charge is -2.26. The smallest absolute Gasteiger partial charge is 0.257 e. The first-order valence-electron chi connectivity index (χ1n) is 5.35. The highest BCUT2D eigenvalue weighted by Gasteiger charge is 2.20. The number of aromatic hydroxyl groups is 1. The Morgan fingerprint density at radius 2 is 2.06 bits per heavy atom. The van der Waals surface area contributed by atoms with E-state index in [1.54, 1.807) is 17.0 Å². The molecule has 0 radical (unpaired) electrons. The number of hydrogen-bond donors (Lipinski definition) is 1. The molecule has 1 N–H and O–H groups in total. The minimum Gasteiger partial charge on any atom is -0.507 e.